The molecule has 0 radical (unpaired) electrons. The number of rotatable bonds is 18. The van der Waals surface area contributed by atoms with E-state index in [4.69, 9.17) is 0 Å². The zero-order valence-electron chi connectivity index (χ0n) is 21.3. The van der Waals surface area contributed by atoms with E-state index in [2.05, 4.69) is 78.7 Å². The first-order chi connectivity index (χ1) is 16.3. The maximum atomic E-state index is 2.69. The molecule has 0 fully saturated rings. The van der Waals surface area contributed by atoms with E-state index in [9.17, 15) is 0 Å². The topological polar surface area (TPSA) is 3.24 Å². The van der Waals surface area contributed by atoms with Crippen LogP contribution in [0.5, 0.6) is 0 Å². The van der Waals surface area contributed by atoms with Crippen LogP contribution in [0.4, 0.5) is 5.69 Å². The summed E-state index contributed by atoms with van der Waals surface area (Å²) in [6.07, 6.45) is 16.8. The van der Waals surface area contributed by atoms with Crippen molar-refractivity contribution in [3.8, 4) is 0 Å². The van der Waals surface area contributed by atoms with E-state index >= 15 is 0 Å². The molecule has 1 nitrogen and oxygen atoms in total. The number of nitrogens with zero attached hydrogens (tertiary/aromatic N) is 1. The predicted molar refractivity (Wildman–Crippen MR) is 155 cm³/mol. The molecule has 0 saturated carbocycles. The lowest BCUT2D eigenvalue weighted by Gasteiger charge is -2.36. The second kappa shape index (κ2) is 16.0. The summed E-state index contributed by atoms with van der Waals surface area (Å²) in [7, 11) is 0. The Hall–Kier alpha value is -0.800. The van der Waals surface area contributed by atoms with Gasteiger partial charge in [-0.2, -0.15) is 11.8 Å². The van der Waals surface area contributed by atoms with Crippen LogP contribution in [0.3, 0.4) is 0 Å². The third kappa shape index (κ3) is 8.73. The van der Waals surface area contributed by atoms with Crippen molar-refractivity contribution >= 4 is 40.0 Å². The van der Waals surface area contributed by atoms with Crippen LogP contribution < -0.4 is 4.90 Å². The molecule has 0 aliphatic carbocycles. The van der Waals surface area contributed by atoms with Crippen LogP contribution in [0, 0.1) is 0 Å². The zero-order chi connectivity index (χ0) is 23.1. The fourth-order valence-electron chi connectivity index (χ4n) is 5.05. The molecule has 2 aromatic rings. The Morgan fingerprint density at radius 3 is 2.03 bits per heavy atom. The minimum atomic E-state index is 0.656. The van der Waals surface area contributed by atoms with Gasteiger partial charge in [0.25, 0.3) is 0 Å². The average Bonchev–Trinajstić information content (AvgIpc) is 2.84. The Balaban J connectivity index is 1.51. The summed E-state index contributed by atoms with van der Waals surface area (Å²) in [5.41, 5.74) is 3.06. The van der Waals surface area contributed by atoms with Crippen LogP contribution in [-0.4, -0.2) is 29.7 Å². The van der Waals surface area contributed by atoms with Gasteiger partial charge in [0, 0.05) is 29.3 Å². The largest absolute Gasteiger partial charge is 0.361 e. The Labute approximate surface area is 212 Å². The minimum absolute atomic E-state index is 0.656. The molecule has 0 bridgehead atoms. The summed E-state index contributed by atoms with van der Waals surface area (Å²) in [5, 5.41) is 2.94. The average molecular weight is 486 g/mol. The van der Waals surface area contributed by atoms with E-state index in [1.807, 2.05) is 0 Å². The summed E-state index contributed by atoms with van der Waals surface area (Å²) in [6, 6.07) is 13.9. The van der Waals surface area contributed by atoms with Crippen LogP contribution >= 0.6 is 23.5 Å². The quantitative estimate of drug-likeness (QED) is 0.193. The summed E-state index contributed by atoms with van der Waals surface area (Å²) in [6.45, 7) is 5.78. The normalized spacial score (nSPS) is 15.5. The van der Waals surface area contributed by atoms with Gasteiger partial charge in [-0.3, -0.25) is 0 Å². The number of benzene rings is 2. The molecule has 0 N–H and O–H groups in total. The number of anilines is 1. The highest BCUT2D eigenvalue weighted by atomic mass is 32.2. The van der Waals surface area contributed by atoms with Gasteiger partial charge in [-0.25, -0.2) is 0 Å². The van der Waals surface area contributed by atoms with Gasteiger partial charge in [0.05, 0.1) is 5.88 Å². The number of unbranched alkanes of at least 4 members (excludes halogenated alkanes) is 10. The second-order valence-corrected chi connectivity index (χ2v) is 12.0. The van der Waals surface area contributed by atoms with E-state index in [0.29, 0.717) is 5.92 Å². The molecule has 33 heavy (non-hydrogen) atoms. The van der Waals surface area contributed by atoms with Crippen molar-refractivity contribution < 1.29 is 0 Å². The lowest BCUT2D eigenvalue weighted by atomic mass is 9.89. The summed E-state index contributed by atoms with van der Waals surface area (Å²) in [5.74, 6) is 5.69. The Kier molecular flexibility index (Phi) is 13.0. The lowest BCUT2D eigenvalue weighted by molar-refractivity contribution is 0.626. The van der Waals surface area contributed by atoms with Crippen molar-refractivity contribution in [3.05, 3.63) is 42.0 Å². The Morgan fingerprint density at radius 1 is 0.727 bits per heavy atom. The van der Waals surface area contributed by atoms with Gasteiger partial charge >= 0.3 is 0 Å². The van der Waals surface area contributed by atoms with Gasteiger partial charge < -0.3 is 4.90 Å². The van der Waals surface area contributed by atoms with Gasteiger partial charge in [-0.05, 0) is 41.4 Å². The van der Waals surface area contributed by atoms with Gasteiger partial charge in [-0.1, -0.05) is 108 Å². The van der Waals surface area contributed by atoms with E-state index in [-0.39, 0.29) is 0 Å². The van der Waals surface area contributed by atoms with E-state index in [1.165, 1.54) is 117 Å². The monoisotopic (exact) mass is 485 g/mol. The standard InChI is InChI=1S/C30H47NS2/c1-3-5-7-9-11-13-21-32-24-27-23-31(25-33-22-14-12-10-8-6-4-2)29-20-16-18-26-17-15-19-28(27)30(26)29/h15-20,27H,3-14,21-25H2,1-2H3. The highest BCUT2D eigenvalue weighted by molar-refractivity contribution is 7.99. The number of hydrogen-bond donors (Lipinski definition) is 0. The molecule has 1 atom stereocenters. The van der Waals surface area contributed by atoms with Crippen molar-refractivity contribution in [1.29, 1.82) is 0 Å². The van der Waals surface area contributed by atoms with E-state index in [1.54, 1.807) is 5.56 Å². The van der Waals surface area contributed by atoms with Crippen molar-refractivity contribution in [1.82, 2.24) is 0 Å². The maximum Gasteiger partial charge on any atom is 0.0640 e. The highest BCUT2D eigenvalue weighted by Crippen LogP contribution is 2.41. The summed E-state index contributed by atoms with van der Waals surface area (Å²) in [4.78, 5) is 2.69. The second-order valence-electron chi connectivity index (χ2n) is 9.79. The van der Waals surface area contributed by atoms with Gasteiger partial charge in [0.2, 0.25) is 0 Å². The lowest BCUT2D eigenvalue weighted by Crippen LogP contribution is -2.33. The van der Waals surface area contributed by atoms with Crippen molar-refractivity contribution in [3.63, 3.8) is 0 Å². The third-order valence-electron chi connectivity index (χ3n) is 6.99. The molecule has 0 saturated heterocycles. The first-order valence-electron chi connectivity index (χ1n) is 13.8. The van der Waals surface area contributed by atoms with Crippen LogP contribution in [0.15, 0.2) is 36.4 Å². The van der Waals surface area contributed by atoms with Crippen LogP contribution in [0.25, 0.3) is 10.8 Å². The highest BCUT2D eigenvalue weighted by Gasteiger charge is 2.26. The maximum absolute atomic E-state index is 2.69. The number of hydrogen-bond acceptors (Lipinski definition) is 3. The van der Waals surface area contributed by atoms with Crippen LogP contribution in [0.2, 0.25) is 0 Å². The molecule has 1 heterocycles. The predicted octanol–water partition coefficient (Wildman–Crippen LogP) is 9.89. The van der Waals surface area contributed by atoms with Crippen molar-refractivity contribution in [2.24, 2.45) is 0 Å². The van der Waals surface area contributed by atoms with Crippen molar-refractivity contribution in [2.45, 2.75) is 96.8 Å². The Bertz CT molecular complexity index is 729. The smallest absolute Gasteiger partial charge is 0.0640 e. The van der Waals surface area contributed by atoms with Crippen molar-refractivity contribution in [2.75, 3.05) is 34.6 Å². The van der Waals surface area contributed by atoms with E-state index in [0.717, 1.165) is 5.88 Å². The van der Waals surface area contributed by atoms with Crippen LogP contribution in [0.1, 0.15) is 102 Å². The minimum Gasteiger partial charge on any atom is -0.361 e. The SMILES string of the molecule is CCCCCCCCSCC1CN(CSCCCCCCCC)c2cccc3cccc1c23. The summed E-state index contributed by atoms with van der Waals surface area (Å²) < 4.78 is 0. The molecule has 3 heteroatoms. The van der Waals surface area contributed by atoms with Crippen LogP contribution in [-0.2, 0) is 0 Å². The first-order valence-corrected chi connectivity index (χ1v) is 16.1. The summed E-state index contributed by atoms with van der Waals surface area (Å²) >= 11 is 4.34. The zero-order valence-corrected chi connectivity index (χ0v) is 23.0. The fourth-order valence-corrected chi connectivity index (χ4v) is 7.20. The molecule has 1 unspecified atom stereocenters. The fraction of sp³-hybridized carbons (Fsp3) is 0.667. The molecule has 1 aliphatic rings. The Morgan fingerprint density at radius 2 is 1.33 bits per heavy atom. The molecule has 184 valence electrons. The van der Waals surface area contributed by atoms with E-state index < -0.39 is 0 Å². The first kappa shape index (κ1) is 26.8. The molecule has 2 aromatic carbocycles. The van der Waals surface area contributed by atoms with Gasteiger partial charge in [-0.15, -0.1) is 11.8 Å². The van der Waals surface area contributed by atoms with Gasteiger partial charge in [0.15, 0.2) is 0 Å². The molecule has 3 rings (SSSR count). The molecule has 0 amide bonds. The van der Waals surface area contributed by atoms with Gasteiger partial charge in [0.1, 0.15) is 0 Å². The molecule has 0 spiro atoms. The number of thioether (sulfide) groups is 2. The molecular weight excluding hydrogens is 438 g/mol. The third-order valence-corrected chi connectivity index (χ3v) is 9.27. The molecular formula is C30H47NS2. The molecule has 1 aliphatic heterocycles. The molecule has 0 aromatic heterocycles.